The van der Waals surface area contributed by atoms with E-state index in [1.165, 1.54) is 47.0 Å². The van der Waals surface area contributed by atoms with E-state index in [0.29, 0.717) is 41.8 Å². The van der Waals surface area contributed by atoms with Gasteiger partial charge in [-0.2, -0.15) is 0 Å². The highest BCUT2D eigenvalue weighted by molar-refractivity contribution is 5.94. The zero-order valence-electron chi connectivity index (χ0n) is 19.0. The maximum atomic E-state index is 14.5. The van der Waals surface area contributed by atoms with Crippen molar-refractivity contribution >= 4 is 16.8 Å². The van der Waals surface area contributed by atoms with E-state index in [9.17, 15) is 18.4 Å². The predicted octanol–water partition coefficient (Wildman–Crippen LogP) is 5.67. The van der Waals surface area contributed by atoms with Crippen LogP contribution in [0, 0.1) is 11.6 Å². The fourth-order valence-corrected chi connectivity index (χ4v) is 4.18. The molecule has 1 atom stereocenters. The average molecular weight is 462 g/mol. The van der Waals surface area contributed by atoms with Gasteiger partial charge >= 0.3 is 0 Å². The summed E-state index contributed by atoms with van der Waals surface area (Å²) in [7, 11) is 0. The van der Waals surface area contributed by atoms with Crippen molar-refractivity contribution in [3.63, 3.8) is 0 Å². The zero-order valence-corrected chi connectivity index (χ0v) is 19.0. The van der Waals surface area contributed by atoms with Crippen LogP contribution >= 0.6 is 0 Å². The lowest BCUT2D eigenvalue weighted by Crippen LogP contribution is -2.39. The molecule has 1 unspecified atom stereocenters. The van der Waals surface area contributed by atoms with Gasteiger partial charge in [0.2, 0.25) is 0 Å². The number of para-hydroxylation sites is 1. The molecule has 0 spiro atoms. The fourth-order valence-electron chi connectivity index (χ4n) is 4.18. The van der Waals surface area contributed by atoms with Crippen LogP contribution in [0.2, 0.25) is 0 Å². The van der Waals surface area contributed by atoms with Gasteiger partial charge in [0.1, 0.15) is 17.5 Å². The maximum absolute atomic E-state index is 14.5. The van der Waals surface area contributed by atoms with Gasteiger partial charge in [-0.3, -0.25) is 14.2 Å². The van der Waals surface area contributed by atoms with Crippen LogP contribution in [0.25, 0.3) is 16.6 Å². The second-order valence-corrected chi connectivity index (χ2v) is 8.01. The van der Waals surface area contributed by atoms with Crippen LogP contribution < -0.4 is 5.56 Å². The largest absolute Gasteiger partial charge is 0.328 e. The van der Waals surface area contributed by atoms with Crippen LogP contribution in [-0.4, -0.2) is 26.9 Å². The summed E-state index contributed by atoms with van der Waals surface area (Å²) in [6.07, 6.45) is 1.07. The number of benzene rings is 3. The number of amides is 1. The van der Waals surface area contributed by atoms with Crippen molar-refractivity contribution in [3.8, 4) is 5.69 Å². The summed E-state index contributed by atoms with van der Waals surface area (Å²) in [6, 6.07) is 17.8. The molecule has 34 heavy (non-hydrogen) atoms. The van der Waals surface area contributed by atoms with Gasteiger partial charge in [0.05, 0.1) is 28.2 Å². The number of fused-ring (bicyclic) bond motifs is 1. The molecule has 0 aliphatic carbocycles. The molecule has 0 bridgehead atoms. The second kappa shape index (κ2) is 9.95. The lowest BCUT2D eigenvalue weighted by atomic mass is 10.1. The molecule has 1 amide bonds. The average Bonchev–Trinajstić information content (AvgIpc) is 2.85. The Bertz CT molecular complexity index is 1380. The molecule has 4 aromatic rings. The summed E-state index contributed by atoms with van der Waals surface area (Å²) in [4.78, 5) is 33.4. The van der Waals surface area contributed by atoms with Crippen molar-refractivity contribution in [2.75, 3.05) is 6.54 Å². The molecule has 7 heteroatoms. The van der Waals surface area contributed by atoms with Crippen LogP contribution in [0.4, 0.5) is 8.78 Å². The summed E-state index contributed by atoms with van der Waals surface area (Å²) >= 11 is 0. The van der Waals surface area contributed by atoms with Crippen LogP contribution in [0.5, 0.6) is 0 Å². The SMILES string of the molecule is CCCN(C(=O)c1ccccc1F)C(CC)c1nc2ccccc2c(=O)n1-c1ccc(F)cc1. The number of hydrogen-bond acceptors (Lipinski definition) is 3. The molecule has 174 valence electrons. The van der Waals surface area contributed by atoms with Crippen molar-refractivity contribution in [1.29, 1.82) is 0 Å². The number of aromatic nitrogens is 2. The summed E-state index contributed by atoms with van der Waals surface area (Å²) in [6.45, 7) is 4.16. The van der Waals surface area contributed by atoms with Gasteiger partial charge in [0, 0.05) is 6.54 Å². The predicted molar refractivity (Wildman–Crippen MR) is 128 cm³/mol. The minimum atomic E-state index is -0.616. The maximum Gasteiger partial charge on any atom is 0.266 e. The van der Waals surface area contributed by atoms with Crippen molar-refractivity contribution in [2.24, 2.45) is 0 Å². The Morgan fingerprint density at radius 2 is 1.65 bits per heavy atom. The van der Waals surface area contributed by atoms with Gasteiger partial charge in [-0.25, -0.2) is 13.8 Å². The first-order chi connectivity index (χ1) is 16.5. The van der Waals surface area contributed by atoms with Gasteiger partial charge in [0.25, 0.3) is 11.5 Å². The molecule has 5 nitrogen and oxygen atoms in total. The number of hydrogen-bond donors (Lipinski definition) is 0. The fraction of sp³-hybridized carbons (Fsp3) is 0.222. The summed E-state index contributed by atoms with van der Waals surface area (Å²) in [5.74, 6) is -1.16. The molecule has 0 aliphatic heterocycles. The highest BCUT2D eigenvalue weighted by Crippen LogP contribution is 2.28. The molecule has 0 N–H and O–H groups in total. The van der Waals surface area contributed by atoms with Crippen molar-refractivity contribution < 1.29 is 13.6 Å². The molecule has 0 radical (unpaired) electrons. The highest BCUT2D eigenvalue weighted by Gasteiger charge is 2.30. The number of rotatable bonds is 7. The summed E-state index contributed by atoms with van der Waals surface area (Å²) in [5, 5.41) is 0.410. The molecule has 4 rings (SSSR count). The Morgan fingerprint density at radius 3 is 2.32 bits per heavy atom. The third-order valence-corrected chi connectivity index (χ3v) is 5.78. The smallest absolute Gasteiger partial charge is 0.266 e. The lowest BCUT2D eigenvalue weighted by Gasteiger charge is -2.32. The van der Waals surface area contributed by atoms with Gasteiger partial charge in [-0.05, 0) is 61.4 Å². The lowest BCUT2D eigenvalue weighted by molar-refractivity contribution is 0.0654. The first kappa shape index (κ1) is 23.3. The Balaban J connectivity index is 1.95. The molecule has 1 aromatic heterocycles. The second-order valence-electron chi connectivity index (χ2n) is 8.01. The third kappa shape index (κ3) is 4.33. The Kier molecular flexibility index (Phi) is 6.82. The van der Waals surface area contributed by atoms with Crippen LogP contribution in [-0.2, 0) is 0 Å². The first-order valence-electron chi connectivity index (χ1n) is 11.3. The minimum Gasteiger partial charge on any atom is -0.328 e. The van der Waals surface area contributed by atoms with E-state index in [1.807, 2.05) is 13.8 Å². The van der Waals surface area contributed by atoms with Crippen molar-refractivity contribution in [3.05, 3.63) is 106 Å². The molecular weight excluding hydrogens is 436 g/mol. The zero-order chi connectivity index (χ0) is 24.2. The Labute approximate surface area is 196 Å². The molecule has 0 aliphatic rings. The van der Waals surface area contributed by atoms with Gasteiger partial charge < -0.3 is 4.90 Å². The molecule has 3 aromatic carbocycles. The monoisotopic (exact) mass is 461 g/mol. The number of carbonyl (C=O) groups is 1. The van der Waals surface area contributed by atoms with Crippen LogP contribution in [0.15, 0.2) is 77.6 Å². The summed E-state index contributed by atoms with van der Waals surface area (Å²) in [5.41, 5.74) is 0.577. The Morgan fingerprint density at radius 1 is 0.971 bits per heavy atom. The van der Waals surface area contributed by atoms with E-state index in [1.54, 1.807) is 35.2 Å². The molecule has 0 fully saturated rings. The van der Waals surface area contributed by atoms with E-state index in [0.717, 1.165) is 0 Å². The van der Waals surface area contributed by atoms with E-state index in [2.05, 4.69) is 0 Å². The van der Waals surface area contributed by atoms with Crippen molar-refractivity contribution in [2.45, 2.75) is 32.7 Å². The van der Waals surface area contributed by atoms with Crippen LogP contribution in [0.3, 0.4) is 0 Å². The van der Waals surface area contributed by atoms with Gasteiger partial charge in [-0.1, -0.05) is 38.1 Å². The van der Waals surface area contributed by atoms with E-state index < -0.39 is 23.6 Å². The molecule has 0 saturated heterocycles. The van der Waals surface area contributed by atoms with Crippen LogP contribution in [0.1, 0.15) is 48.9 Å². The quantitative estimate of drug-likeness (QED) is 0.356. The molecule has 1 heterocycles. The van der Waals surface area contributed by atoms with E-state index >= 15 is 0 Å². The van der Waals surface area contributed by atoms with Gasteiger partial charge in [0.15, 0.2) is 0 Å². The van der Waals surface area contributed by atoms with E-state index in [4.69, 9.17) is 4.98 Å². The standard InChI is InChI=1S/C27H25F2N3O2/c1-3-17-31(26(33)20-9-5-7-11-22(20)29)24(4-2)25-30-23-12-8-6-10-21(23)27(34)32(25)19-15-13-18(28)14-16-19/h5-16,24H,3-4,17H2,1-2H3. The summed E-state index contributed by atoms with van der Waals surface area (Å²) < 4.78 is 29.6. The molecular formula is C27H25F2N3O2. The first-order valence-corrected chi connectivity index (χ1v) is 11.3. The third-order valence-electron chi connectivity index (χ3n) is 5.78. The molecule has 0 saturated carbocycles. The minimum absolute atomic E-state index is 0.0362. The number of carbonyl (C=O) groups excluding carboxylic acids is 1. The van der Waals surface area contributed by atoms with E-state index in [-0.39, 0.29) is 11.1 Å². The topological polar surface area (TPSA) is 55.2 Å². The van der Waals surface area contributed by atoms with Crippen molar-refractivity contribution in [1.82, 2.24) is 14.5 Å². The van der Waals surface area contributed by atoms with Gasteiger partial charge in [-0.15, -0.1) is 0 Å². The number of nitrogens with zero attached hydrogens (tertiary/aromatic N) is 3. The number of halogens is 2. The highest BCUT2D eigenvalue weighted by atomic mass is 19.1. The Hall–Kier alpha value is -3.87. The normalized spacial score (nSPS) is 12.0.